The molecule has 0 atom stereocenters. The summed E-state index contributed by atoms with van der Waals surface area (Å²) < 4.78 is 26.7. The number of rotatable bonds is 0. The van der Waals surface area contributed by atoms with Crippen molar-refractivity contribution < 1.29 is 8.78 Å². The Kier molecular flexibility index (Phi) is 2.10. The fourth-order valence-electron chi connectivity index (χ4n) is 1.49. The summed E-state index contributed by atoms with van der Waals surface area (Å²) in [5.41, 5.74) is 0.748. The van der Waals surface area contributed by atoms with Crippen LogP contribution in [0.25, 0.3) is 0 Å². The van der Waals surface area contributed by atoms with Crippen LogP contribution in [0.15, 0.2) is 6.20 Å². The van der Waals surface area contributed by atoms with E-state index in [1.165, 1.54) is 6.20 Å². The molecule has 1 aliphatic heterocycles. The number of aryl methyl sites for hydroxylation is 1. The molecule has 76 valence electrons. The first-order valence-electron chi connectivity index (χ1n) is 4.29. The summed E-state index contributed by atoms with van der Waals surface area (Å²) in [6, 6.07) is 0. The molecule has 0 bridgehead atoms. The number of alkyl halides is 2. The van der Waals surface area contributed by atoms with E-state index in [4.69, 9.17) is 11.6 Å². The van der Waals surface area contributed by atoms with Crippen LogP contribution in [0.5, 0.6) is 0 Å². The van der Waals surface area contributed by atoms with Crippen molar-refractivity contribution >= 4 is 17.3 Å². The minimum atomic E-state index is -2.86. The maximum Gasteiger partial charge on any atom is 0.293 e. The standard InChI is InChI=1S/C9H9ClF2N2/c1-5-4-14-8-7(6(5)10)13-3-2-9(8,11)12/h4,13H,2-3H2,1H3. The molecule has 0 unspecified atom stereocenters. The number of hydrogen-bond acceptors (Lipinski definition) is 2. The molecule has 0 spiro atoms. The lowest BCUT2D eigenvalue weighted by molar-refractivity contribution is -0.0167. The number of aromatic nitrogens is 1. The largest absolute Gasteiger partial charge is 0.382 e. The van der Waals surface area contributed by atoms with Gasteiger partial charge in [0, 0.05) is 19.2 Å². The lowest BCUT2D eigenvalue weighted by Crippen LogP contribution is -2.27. The zero-order valence-corrected chi connectivity index (χ0v) is 8.33. The van der Waals surface area contributed by atoms with Crippen molar-refractivity contribution in [2.75, 3.05) is 11.9 Å². The van der Waals surface area contributed by atoms with Crippen molar-refractivity contribution in [3.63, 3.8) is 0 Å². The molecule has 1 aliphatic rings. The third-order valence-corrected chi connectivity index (χ3v) is 2.76. The Labute approximate surface area is 85.3 Å². The predicted molar refractivity (Wildman–Crippen MR) is 51.0 cm³/mol. The van der Waals surface area contributed by atoms with E-state index in [9.17, 15) is 8.78 Å². The van der Waals surface area contributed by atoms with Gasteiger partial charge in [0.05, 0.1) is 10.7 Å². The van der Waals surface area contributed by atoms with Gasteiger partial charge >= 0.3 is 0 Å². The van der Waals surface area contributed by atoms with Crippen LogP contribution >= 0.6 is 11.6 Å². The van der Waals surface area contributed by atoms with Gasteiger partial charge in [0.1, 0.15) is 5.69 Å². The molecule has 1 aromatic heterocycles. The average molecular weight is 219 g/mol. The van der Waals surface area contributed by atoms with Crippen molar-refractivity contribution in [1.29, 1.82) is 0 Å². The van der Waals surface area contributed by atoms with Gasteiger partial charge in [-0.25, -0.2) is 0 Å². The van der Waals surface area contributed by atoms with E-state index in [1.807, 2.05) is 0 Å². The molecule has 2 nitrogen and oxygen atoms in total. The molecule has 0 radical (unpaired) electrons. The van der Waals surface area contributed by atoms with Gasteiger partial charge in [-0.15, -0.1) is 0 Å². The van der Waals surface area contributed by atoms with Crippen molar-refractivity contribution in [2.24, 2.45) is 0 Å². The molecule has 2 rings (SSSR count). The summed E-state index contributed by atoms with van der Waals surface area (Å²) >= 11 is 5.90. The van der Waals surface area contributed by atoms with Gasteiger partial charge in [0.2, 0.25) is 0 Å². The zero-order valence-electron chi connectivity index (χ0n) is 7.57. The van der Waals surface area contributed by atoms with E-state index in [0.29, 0.717) is 10.6 Å². The monoisotopic (exact) mass is 218 g/mol. The molecule has 2 heterocycles. The Morgan fingerprint density at radius 2 is 2.29 bits per heavy atom. The SMILES string of the molecule is Cc1cnc2c(c1Cl)NCCC2(F)F. The van der Waals surface area contributed by atoms with Crippen LogP contribution in [0.2, 0.25) is 5.02 Å². The third-order valence-electron chi connectivity index (χ3n) is 2.28. The summed E-state index contributed by atoms with van der Waals surface area (Å²) in [6.45, 7) is 1.97. The molecule has 0 aromatic carbocycles. The van der Waals surface area contributed by atoms with Crippen molar-refractivity contribution in [3.05, 3.63) is 22.5 Å². The lowest BCUT2D eigenvalue weighted by atomic mass is 10.0. The van der Waals surface area contributed by atoms with Gasteiger partial charge in [0.15, 0.2) is 0 Å². The maximum atomic E-state index is 13.3. The second-order valence-electron chi connectivity index (χ2n) is 3.36. The van der Waals surface area contributed by atoms with Crippen molar-refractivity contribution in [1.82, 2.24) is 4.98 Å². The number of anilines is 1. The highest BCUT2D eigenvalue weighted by Gasteiger charge is 2.39. The maximum absolute atomic E-state index is 13.3. The molecule has 0 saturated heterocycles. The van der Waals surface area contributed by atoms with Gasteiger partial charge in [-0.3, -0.25) is 4.98 Å². The van der Waals surface area contributed by atoms with Crippen molar-refractivity contribution in [3.8, 4) is 0 Å². The molecular formula is C9H9ClF2N2. The average Bonchev–Trinajstić information content (AvgIpc) is 2.11. The minimum Gasteiger partial charge on any atom is -0.382 e. The van der Waals surface area contributed by atoms with Crippen LogP contribution in [0, 0.1) is 6.92 Å². The topological polar surface area (TPSA) is 24.9 Å². The molecule has 14 heavy (non-hydrogen) atoms. The minimum absolute atomic E-state index is 0.227. The van der Waals surface area contributed by atoms with Crippen molar-refractivity contribution in [2.45, 2.75) is 19.3 Å². The summed E-state index contributed by atoms with van der Waals surface area (Å²) in [6.07, 6.45) is 1.15. The summed E-state index contributed by atoms with van der Waals surface area (Å²) in [5, 5.41) is 3.19. The van der Waals surface area contributed by atoms with Gasteiger partial charge in [-0.05, 0) is 12.5 Å². The Hall–Kier alpha value is -0.900. The third kappa shape index (κ3) is 1.34. The molecule has 1 aromatic rings. The summed E-state index contributed by atoms with van der Waals surface area (Å²) in [5.74, 6) is -2.86. The highest BCUT2D eigenvalue weighted by molar-refractivity contribution is 6.34. The van der Waals surface area contributed by atoms with E-state index in [0.717, 1.165) is 0 Å². The first-order chi connectivity index (χ1) is 6.52. The lowest BCUT2D eigenvalue weighted by Gasteiger charge is -2.26. The fourth-order valence-corrected chi connectivity index (χ4v) is 1.69. The van der Waals surface area contributed by atoms with E-state index in [-0.39, 0.29) is 24.3 Å². The van der Waals surface area contributed by atoms with Crippen LogP contribution in [0.1, 0.15) is 17.7 Å². The Balaban J connectivity index is 2.62. The normalized spacial score (nSPS) is 18.6. The molecule has 0 amide bonds. The number of fused-ring (bicyclic) bond motifs is 1. The molecule has 0 saturated carbocycles. The van der Waals surface area contributed by atoms with E-state index in [2.05, 4.69) is 10.3 Å². The molecule has 0 fully saturated rings. The molecule has 0 aliphatic carbocycles. The molecule has 5 heteroatoms. The Bertz CT molecular complexity index is 379. The quantitative estimate of drug-likeness (QED) is 0.724. The Morgan fingerprint density at radius 3 is 3.00 bits per heavy atom. The second kappa shape index (κ2) is 3.05. The van der Waals surface area contributed by atoms with Crippen LogP contribution < -0.4 is 5.32 Å². The number of nitrogens with zero attached hydrogens (tertiary/aromatic N) is 1. The predicted octanol–water partition coefficient (Wildman–Crippen LogP) is 2.95. The number of halogens is 3. The van der Waals surface area contributed by atoms with Crippen LogP contribution in [-0.4, -0.2) is 11.5 Å². The number of pyridine rings is 1. The first-order valence-corrected chi connectivity index (χ1v) is 4.67. The van der Waals surface area contributed by atoms with Gasteiger partial charge in [-0.2, -0.15) is 8.78 Å². The molecule has 1 N–H and O–H groups in total. The van der Waals surface area contributed by atoms with Gasteiger partial charge in [0.25, 0.3) is 5.92 Å². The van der Waals surface area contributed by atoms with Crippen LogP contribution in [0.3, 0.4) is 0 Å². The highest BCUT2D eigenvalue weighted by atomic mass is 35.5. The molecular weight excluding hydrogens is 210 g/mol. The zero-order chi connectivity index (χ0) is 10.3. The number of nitrogens with one attached hydrogen (secondary N) is 1. The van der Waals surface area contributed by atoms with E-state index in [1.54, 1.807) is 6.92 Å². The van der Waals surface area contributed by atoms with E-state index >= 15 is 0 Å². The van der Waals surface area contributed by atoms with Crippen LogP contribution in [-0.2, 0) is 5.92 Å². The van der Waals surface area contributed by atoms with E-state index < -0.39 is 5.92 Å². The summed E-state index contributed by atoms with van der Waals surface area (Å²) in [4.78, 5) is 3.74. The van der Waals surface area contributed by atoms with Gasteiger partial charge in [-0.1, -0.05) is 11.6 Å². The second-order valence-corrected chi connectivity index (χ2v) is 3.74. The number of hydrogen-bond donors (Lipinski definition) is 1. The van der Waals surface area contributed by atoms with Gasteiger partial charge < -0.3 is 5.32 Å². The fraction of sp³-hybridized carbons (Fsp3) is 0.444. The Morgan fingerprint density at radius 1 is 1.57 bits per heavy atom. The van der Waals surface area contributed by atoms with Crippen LogP contribution in [0.4, 0.5) is 14.5 Å². The summed E-state index contributed by atoms with van der Waals surface area (Å²) in [7, 11) is 0. The smallest absolute Gasteiger partial charge is 0.293 e. The highest BCUT2D eigenvalue weighted by Crippen LogP contribution is 2.42. The first kappa shape index (κ1) is 9.65.